The summed E-state index contributed by atoms with van der Waals surface area (Å²) in [6.45, 7) is 3.91. The van der Waals surface area contributed by atoms with Gasteiger partial charge in [-0.25, -0.2) is 0 Å². The zero-order valence-electron chi connectivity index (χ0n) is 12.2. The molecule has 0 aromatic heterocycles. The minimum absolute atomic E-state index is 0.495. The maximum Gasteiger partial charge on any atom is 0.0991 e. The van der Waals surface area contributed by atoms with Crippen molar-refractivity contribution in [2.24, 2.45) is 11.8 Å². The van der Waals surface area contributed by atoms with Crippen LogP contribution in [0.5, 0.6) is 0 Å². The standard InChI is InChI=1S/C17H24N2O/c1-13-2-4-15(5-3-13)11-19-12-17(20)16-8-6-14(10-18)7-9-16/h6-9,13,15,17,19-20H,2-5,11-12H2,1H3. The summed E-state index contributed by atoms with van der Waals surface area (Å²) in [5.74, 6) is 1.65. The van der Waals surface area contributed by atoms with Crippen LogP contribution in [0.4, 0.5) is 0 Å². The molecular formula is C17H24N2O. The van der Waals surface area contributed by atoms with Gasteiger partial charge in [-0.2, -0.15) is 5.26 Å². The van der Waals surface area contributed by atoms with Gasteiger partial charge in [0.15, 0.2) is 0 Å². The molecule has 0 saturated heterocycles. The average molecular weight is 272 g/mol. The van der Waals surface area contributed by atoms with Crippen molar-refractivity contribution in [3.8, 4) is 6.07 Å². The van der Waals surface area contributed by atoms with E-state index in [2.05, 4.69) is 18.3 Å². The lowest BCUT2D eigenvalue weighted by Gasteiger charge is -2.26. The van der Waals surface area contributed by atoms with Crippen LogP contribution in [0.2, 0.25) is 0 Å². The first kappa shape index (κ1) is 15.0. The highest BCUT2D eigenvalue weighted by Gasteiger charge is 2.18. The summed E-state index contributed by atoms with van der Waals surface area (Å²) in [6.07, 6.45) is 4.79. The lowest BCUT2D eigenvalue weighted by Crippen LogP contribution is -2.29. The van der Waals surface area contributed by atoms with Crippen LogP contribution in [-0.4, -0.2) is 18.2 Å². The van der Waals surface area contributed by atoms with E-state index in [-0.39, 0.29) is 0 Å². The van der Waals surface area contributed by atoms with Gasteiger partial charge in [0.1, 0.15) is 0 Å². The Bertz CT molecular complexity index is 441. The van der Waals surface area contributed by atoms with E-state index in [1.165, 1.54) is 25.7 Å². The second-order valence-electron chi connectivity index (χ2n) is 6.03. The molecule has 20 heavy (non-hydrogen) atoms. The van der Waals surface area contributed by atoms with Crippen molar-refractivity contribution in [3.05, 3.63) is 35.4 Å². The molecule has 1 aliphatic rings. The van der Waals surface area contributed by atoms with Crippen molar-refractivity contribution in [1.29, 1.82) is 5.26 Å². The van der Waals surface area contributed by atoms with Crippen molar-refractivity contribution < 1.29 is 5.11 Å². The van der Waals surface area contributed by atoms with Gasteiger partial charge >= 0.3 is 0 Å². The van der Waals surface area contributed by atoms with Crippen molar-refractivity contribution in [1.82, 2.24) is 5.32 Å². The largest absolute Gasteiger partial charge is 0.387 e. The first-order chi connectivity index (χ1) is 9.69. The molecule has 0 amide bonds. The molecule has 1 unspecified atom stereocenters. The van der Waals surface area contributed by atoms with Crippen LogP contribution in [0, 0.1) is 23.2 Å². The predicted molar refractivity (Wildman–Crippen MR) is 80.1 cm³/mol. The number of aliphatic hydroxyl groups excluding tert-OH is 1. The minimum Gasteiger partial charge on any atom is -0.387 e. The molecule has 0 heterocycles. The number of nitrogens with one attached hydrogen (secondary N) is 1. The Morgan fingerprint density at radius 2 is 1.90 bits per heavy atom. The van der Waals surface area contributed by atoms with Gasteiger partial charge in [-0.15, -0.1) is 0 Å². The number of rotatable bonds is 5. The SMILES string of the molecule is CC1CCC(CNCC(O)c2ccc(C#N)cc2)CC1. The Morgan fingerprint density at radius 1 is 1.25 bits per heavy atom. The van der Waals surface area contributed by atoms with Gasteiger partial charge < -0.3 is 10.4 Å². The summed E-state index contributed by atoms with van der Waals surface area (Å²) < 4.78 is 0. The molecular weight excluding hydrogens is 248 g/mol. The van der Waals surface area contributed by atoms with Gasteiger partial charge in [-0.3, -0.25) is 0 Å². The Labute approximate surface area is 121 Å². The van der Waals surface area contributed by atoms with Gasteiger partial charge in [-0.1, -0.05) is 31.9 Å². The van der Waals surface area contributed by atoms with Crippen LogP contribution in [0.15, 0.2) is 24.3 Å². The highest BCUT2D eigenvalue weighted by Crippen LogP contribution is 2.27. The number of hydrogen-bond acceptors (Lipinski definition) is 3. The van der Waals surface area contributed by atoms with Crippen LogP contribution in [0.1, 0.15) is 49.8 Å². The van der Waals surface area contributed by atoms with Gasteiger partial charge in [0, 0.05) is 6.54 Å². The third kappa shape index (κ3) is 4.33. The van der Waals surface area contributed by atoms with Crippen LogP contribution in [0.3, 0.4) is 0 Å². The maximum atomic E-state index is 10.1. The van der Waals surface area contributed by atoms with Crippen molar-refractivity contribution in [3.63, 3.8) is 0 Å². The molecule has 1 atom stereocenters. The molecule has 1 aliphatic carbocycles. The fourth-order valence-electron chi connectivity index (χ4n) is 2.86. The highest BCUT2D eigenvalue weighted by molar-refractivity contribution is 5.32. The van der Waals surface area contributed by atoms with Crippen molar-refractivity contribution >= 4 is 0 Å². The number of aliphatic hydroxyl groups is 1. The second kappa shape index (κ2) is 7.42. The van der Waals surface area contributed by atoms with Crippen LogP contribution >= 0.6 is 0 Å². The van der Waals surface area contributed by atoms with Gasteiger partial charge in [0.05, 0.1) is 17.7 Å². The number of benzene rings is 1. The molecule has 1 aromatic rings. The van der Waals surface area contributed by atoms with Gasteiger partial charge in [-0.05, 0) is 48.9 Å². The molecule has 1 aromatic carbocycles. The average Bonchev–Trinajstić information content (AvgIpc) is 2.49. The summed E-state index contributed by atoms with van der Waals surface area (Å²) in [7, 11) is 0. The topological polar surface area (TPSA) is 56.0 Å². The van der Waals surface area contributed by atoms with E-state index in [9.17, 15) is 5.11 Å². The molecule has 0 bridgehead atoms. The lowest BCUT2D eigenvalue weighted by molar-refractivity contribution is 0.169. The molecule has 3 nitrogen and oxygen atoms in total. The molecule has 2 N–H and O–H groups in total. The third-order valence-corrected chi connectivity index (χ3v) is 4.33. The first-order valence-electron chi connectivity index (χ1n) is 7.58. The van der Waals surface area contributed by atoms with Gasteiger partial charge in [0.25, 0.3) is 0 Å². The van der Waals surface area contributed by atoms with Crippen LogP contribution in [0.25, 0.3) is 0 Å². The smallest absolute Gasteiger partial charge is 0.0991 e. The molecule has 1 fully saturated rings. The Morgan fingerprint density at radius 3 is 2.50 bits per heavy atom. The molecule has 1 saturated carbocycles. The summed E-state index contributed by atoms with van der Waals surface area (Å²) in [6, 6.07) is 9.24. The normalized spacial score (nSPS) is 24.1. The Hall–Kier alpha value is -1.37. The van der Waals surface area contributed by atoms with E-state index in [0.29, 0.717) is 12.1 Å². The fourth-order valence-corrected chi connectivity index (χ4v) is 2.86. The zero-order chi connectivity index (χ0) is 14.4. The molecule has 3 heteroatoms. The minimum atomic E-state index is -0.495. The molecule has 108 valence electrons. The molecule has 0 spiro atoms. The maximum absolute atomic E-state index is 10.1. The van der Waals surface area contributed by atoms with E-state index in [1.807, 2.05) is 12.1 Å². The fraction of sp³-hybridized carbons (Fsp3) is 0.588. The number of nitrogens with zero attached hydrogens (tertiary/aromatic N) is 1. The van der Waals surface area contributed by atoms with Crippen molar-refractivity contribution in [2.45, 2.75) is 38.7 Å². The second-order valence-corrected chi connectivity index (χ2v) is 6.03. The van der Waals surface area contributed by atoms with Crippen LogP contribution < -0.4 is 5.32 Å². The summed E-state index contributed by atoms with van der Waals surface area (Å²) in [5.41, 5.74) is 1.50. The monoisotopic (exact) mass is 272 g/mol. The van der Waals surface area contributed by atoms with E-state index in [0.717, 1.165) is 23.9 Å². The van der Waals surface area contributed by atoms with Crippen molar-refractivity contribution in [2.75, 3.05) is 13.1 Å². The molecule has 0 radical (unpaired) electrons. The summed E-state index contributed by atoms with van der Waals surface area (Å²) >= 11 is 0. The number of nitriles is 1. The first-order valence-corrected chi connectivity index (χ1v) is 7.58. The van der Waals surface area contributed by atoms with E-state index >= 15 is 0 Å². The summed E-state index contributed by atoms with van der Waals surface area (Å²) in [4.78, 5) is 0. The highest BCUT2D eigenvalue weighted by atomic mass is 16.3. The molecule has 0 aliphatic heterocycles. The summed E-state index contributed by atoms with van der Waals surface area (Å²) in [5, 5.41) is 22.2. The predicted octanol–water partition coefficient (Wildman–Crippen LogP) is 3.01. The third-order valence-electron chi connectivity index (χ3n) is 4.33. The van der Waals surface area contributed by atoms with E-state index < -0.39 is 6.10 Å². The van der Waals surface area contributed by atoms with E-state index in [4.69, 9.17) is 5.26 Å². The zero-order valence-corrected chi connectivity index (χ0v) is 12.2. The van der Waals surface area contributed by atoms with E-state index in [1.54, 1.807) is 12.1 Å². The Kier molecular flexibility index (Phi) is 5.58. The van der Waals surface area contributed by atoms with Crippen LogP contribution in [-0.2, 0) is 0 Å². The molecule has 2 rings (SSSR count). The quantitative estimate of drug-likeness (QED) is 0.866. The van der Waals surface area contributed by atoms with Gasteiger partial charge in [0.2, 0.25) is 0 Å². The number of hydrogen-bond donors (Lipinski definition) is 2. The lowest BCUT2D eigenvalue weighted by atomic mass is 9.83. The Balaban J connectivity index is 1.72.